The van der Waals surface area contributed by atoms with Crippen LogP contribution in [0.3, 0.4) is 0 Å². The van der Waals surface area contributed by atoms with E-state index < -0.39 is 36.4 Å². The van der Waals surface area contributed by atoms with Crippen molar-refractivity contribution in [2.24, 2.45) is 0 Å². The van der Waals surface area contributed by atoms with Crippen LogP contribution in [0.2, 0.25) is 0 Å². The van der Waals surface area contributed by atoms with Gasteiger partial charge in [0, 0.05) is 14.0 Å². The molecule has 0 bridgehead atoms. The molecule has 1 rings (SSSR count). The molecule has 4 atom stereocenters. The highest BCUT2D eigenvalue weighted by molar-refractivity contribution is 5.84. The number of carbonyl (C=O) groups excluding carboxylic acids is 2. The van der Waals surface area contributed by atoms with E-state index >= 15 is 0 Å². The molecule has 2 amide bonds. The van der Waals surface area contributed by atoms with Gasteiger partial charge >= 0.3 is 12.1 Å². The van der Waals surface area contributed by atoms with E-state index in [1.165, 1.54) is 27.0 Å². The van der Waals surface area contributed by atoms with E-state index in [2.05, 4.69) is 10.6 Å². The van der Waals surface area contributed by atoms with Gasteiger partial charge in [-0.1, -0.05) is 0 Å². The second-order valence-electron chi connectivity index (χ2n) is 4.86. The summed E-state index contributed by atoms with van der Waals surface area (Å²) in [6, 6.07) is -0.634. The first-order valence-electron chi connectivity index (χ1n) is 6.70. The summed E-state index contributed by atoms with van der Waals surface area (Å²) in [6.07, 6.45) is -2.63. The van der Waals surface area contributed by atoms with Crippen LogP contribution in [0.15, 0.2) is 11.8 Å². The van der Waals surface area contributed by atoms with Gasteiger partial charge in [0.2, 0.25) is 11.7 Å². The molecule has 0 spiro atoms. The highest BCUT2D eigenvalue weighted by Gasteiger charge is 2.40. The molecule has 124 valence electrons. The lowest BCUT2D eigenvalue weighted by atomic mass is 9.96. The summed E-state index contributed by atoms with van der Waals surface area (Å²) in [4.78, 5) is 33.7. The minimum absolute atomic E-state index is 0.173. The van der Waals surface area contributed by atoms with Crippen molar-refractivity contribution in [1.29, 1.82) is 0 Å². The van der Waals surface area contributed by atoms with Gasteiger partial charge in [-0.25, -0.2) is 9.59 Å². The minimum Gasteiger partial charge on any atom is -0.477 e. The molecule has 1 heterocycles. The van der Waals surface area contributed by atoms with Crippen LogP contribution >= 0.6 is 0 Å². The number of nitrogens with one attached hydrogen (secondary N) is 2. The first-order valence-corrected chi connectivity index (χ1v) is 6.70. The summed E-state index contributed by atoms with van der Waals surface area (Å²) in [5, 5.41) is 23.7. The number of ether oxygens (including phenoxy) is 2. The minimum atomic E-state index is -1.28. The molecule has 0 aromatic rings. The van der Waals surface area contributed by atoms with Gasteiger partial charge in [-0.05, 0) is 19.4 Å². The Labute approximate surface area is 127 Å². The van der Waals surface area contributed by atoms with Crippen molar-refractivity contribution in [2.75, 3.05) is 7.05 Å². The lowest BCUT2D eigenvalue weighted by Gasteiger charge is -2.37. The van der Waals surface area contributed by atoms with E-state index in [0.717, 1.165) is 0 Å². The average Bonchev–Trinajstić information content (AvgIpc) is 2.44. The molecule has 1 aliphatic heterocycles. The number of amides is 2. The topological polar surface area (TPSA) is 134 Å². The maximum absolute atomic E-state index is 11.4. The smallest absolute Gasteiger partial charge is 0.407 e. The average molecular weight is 316 g/mol. The number of carboxylic acid groups (broad SMARTS) is 1. The Bertz CT molecular complexity index is 475. The first-order chi connectivity index (χ1) is 10.3. The molecule has 0 saturated heterocycles. The Morgan fingerprint density at radius 1 is 1.45 bits per heavy atom. The van der Waals surface area contributed by atoms with Gasteiger partial charge in [0.15, 0.2) is 12.2 Å². The molecule has 9 heteroatoms. The molecule has 0 saturated carbocycles. The zero-order chi connectivity index (χ0) is 16.9. The quantitative estimate of drug-likeness (QED) is 0.529. The Balaban J connectivity index is 3.03. The van der Waals surface area contributed by atoms with Crippen LogP contribution in [0, 0.1) is 0 Å². The van der Waals surface area contributed by atoms with E-state index in [0.29, 0.717) is 0 Å². The lowest BCUT2D eigenvalue weighted by molar-refractivity contribution is -0.143. The Hall–Kier alpha value is -2.29. The van der Waals surface area contributed by atoms with E-state index in [4.69, 9.17) is 14.6 Å². The lowest BCUT2D eigenvalue weighted by Crippen LogP contribution is -2.55. The molecule has 0 aliphatic carbocycles. The highest BCUT2D eigenvalue weighted by Crippen LogP contribution is 2.24. The van der Waals surface area contributed by atoms with Crippen molar-refractivity contribution < 1.29 is 34.1 Å². The SMILES string of the molecule is CNC(=O)OC(C(C)O)C1OC(C(=O)O)=CCC1NC(C)=O. The molecular weight excluding hydrogens is 296 g/mol. The predicted octanol–water partition coefficient (Wildman–Crippen LogP) is -0.646. The van der Waals surface area contributed by atoms with Crippen molar-refractivity contribution in [3.8, 4) is 0 Å². The van der Waals surface area contributed by atoms with Crippen molar-refractivity contribution >= 4 is 18.0 Å². The monoisotopic (exact) mass is 316 g/mol. The Morgan fingerprint density at radius 2 is 2.09 bits per heavy atom. The second kappa shape index (κ2) is 7.64. The fraction of sp³-hybridized carbons (Fsp3) is 0.615. The van der Waals surface area contributed by atoms with Crippen molar-refractivity contribution in [3.63, 3.8) is 0 Å². The van der Waals surface area contributed by atoms with Crippen molar-refractivity contribution in [3.05, 3.63) is 11.8 Å². The van der Waals surface area contributed by atoms with Crippen molar-refractivity contribution in [2.45, 2.75) is 44.6 Å². The maximum atomic E-state index is 11.4. The number of carboxylic acids is 1. The maximum Gasteiger partial charge on any atom is 0.407 e. The normalized spacial score (nSPS) is 23.4. The summed E-state index contributed by atoms with van der Waals surface area (Å²) in [7, 11) is 1.34. The summed E-state index contributed by atoms with van der Waals surface area (Å²) in [6.45, 7) is 2.67. The Kier molecular flexibility index (Phi) is 6.17. The fourth-order valence-corrected chi connectivity index (χ4v) is 2.10. The zero-order valence-corrected chi connectivity index (χ0v) is 12.5. The number of aliphatic hydroxyl groups excluding tert-OH is 1. The molecule has 1 aliphatic rings. The van der Waals surface area contributed by atoms with Crippen LogP contribution in [0.25, 0.3) is 0 Å². The van der Waals surface area contributed by atoms with E-state index in [9.17, 15) is 19.5 Å². The number of alkyl carbamates (subject to hydrolysis) is 1. The second-order valence-corrected chi connectivity index (χ2v) is 4.86. The van der Waals surface area contributed by atoms with Gasteiger partial charge in [-0.15, -0.1) is 0 Å². The molecule has 4 unspecified atom stereocenters. The van der Waals surface area contributed by atoms with Crippen LogP contribution in [-0.2, 0) is 19.1 Å². The molecule has 0 radical (unpaired) electrons. The number of hydrogen-bond donors (Lipinski definition) is 4. The zero-order valence-electron chi connectivity index (χ0n) is 12.5. The van der Waals surface area contributed by atoms with Gasteiger partial charge in [0.1, 0.15) is 0 Å². The van der Waals surface area contributed by atoms with Crippen LogP contribution < -0.4 is 10.6 Å². The van der Waals surface area contributed by atoms with Gasteiger partial charge in [0.25, 0.3) is 0 Å². The fourth-order valence-electron chi connectivity index (χ4n) is 2.10. The number of carbonyl (C=O) groups is 3. The van der Waals surface area contributed by atoms with Crippen LogP contribution in [0.5, 0.6) is 0 Å². The summed E-state index contributed by atoms with van der Waals surface area (Å²) in [5.41, 5.74) is 0. The van der Waals surface area contributed by atoms with Gasteiger partial charge in [0.05, 0.1) is 12.1 Å². The van der Waals surface area contributed by atoms with E-state index in [-0.39, 0.29) is 18.1 Å². The van der Waals surface area contributed by atoms with Gasteiger partial charge in [-0.2, -0.15) is 0 Å². The van der Waals surface area contributed by atoms with Crippen LogP contribution in [-0.4, -0.2) is 59.6 Å². The van der Waals surface area contributed by atoms with E-state index in [1.54, 1.807) is 0 Å². The molecule has 4 N–H and O–H groups in total. The summed E-state index contributed by atoms with van der Waals surface area (Å²) in [5.74, 6) is -1.96. The van der Waals surface area contributed by atoms with Crippen molar-refractivity contribution in [1.82, 2.24) is 10.6 Å². The third-order valence-corrected chi connectivity index (χ3v) is 3.06. The van der Waals surface area contributed by atoms with Crippen LogP contribution in [0.1, 0.15) is 20.3 Å². The summed E-state index contributed by atoms with van der Waals surface area (Å²) >= 11 is 0. The Morgan fingerprint density at radius 3 is 2.55 bits per heavy atom. The first kappa shape index (κ1) is 17.8. The third-order valence-electron chi connectivity index (χ3n) is 3.06. The third kappa shape index (κ3) is 4.62. The largest absolute Gasteiger partial charge is 0.477 e. The highest BCUT2D eigenvalue weighted by atomic mass is 16.6. The molecule has 9 nitrogen and oxygen atoms in total. The number of aliphatic carboxylic acids is 1. The van der Waals surface area contributed by atoms with Gasteiger partial charge in [-0.3, -0.25) is 4.79 Å². The predicted molar refractivity (Wildman–Crippen MR) is 73.8 cm³/mol. The number of rotatable bonds is 5. The molecule has 0 fully saturated rings. The van der Waals surface area contributed by atoms with E-state index in [1.807, 2.05) is 0 Å². The molecular formula is C13H20N2O7. The molecule has 0 aromatic heterocycles. The standard InChI is InChI=1S/C13H20N2O7/c1-6(16)10(22-13(20)14-3)11-8(15-7(2)17)4-5-9(21-11)12(18)19/h5-6,8,10-11,16H,4H2,1-3H3,(H,14,20)(H,15,17)(H,18,19). The number of aliphatic hydroxyl groups is 1. The summed E-state index contributed by atoms with van der Waals surface area (Å²) < 4.78 is 10.4. The van der Waals surface area contributed by atoms with Gasteiger partial charge < -0.3 is 30.3 Å². The number of hydrogen-bond acceptors (Lipinski definition) is 6. The van der Waals surface area contributed by atoms with Crippen LogP contribution in [0.4, 0.5) is 4.79 Å². The molecule has 0 aromatic carbocycles. The molecule has 22 heavy (non-hydrogen) atoms.